The van der Waals surface area contributed by atoms with Gasteiger partial charge in [-0.15, -0.1) is 0 Å². The summed E-state index contributed by atoms with van der Waals surface area (Å²) in [4.78, 5) is 0.0732. The van der Waals surface area contributed by atoms with Crippen LogP contribution in [-0.2, 0) is 20.7 Å². The topological polar surface area (TPSA) is 61.8 Å². The van der Waals surface area contributed by atoms with Crippen LogP contribution in [0.1, 0.15) is 11.1 Å². The van der Waals surface area contributed by atoms with E-state index in [1.165, 1.54) is 31.4 Å². The van der Waals surface area contributed by atoms with Crippen LogP contribution in [0, 0.1) is 12.7 Å². The number of ether oxygens (including phenoxy) is 2. The second kappa shape index (κ2) is 8.49. The third-order valence-electron chi connectivity index (χ3n) is 5.03. The summed E-state index contributed by atoms with van der Waals surface area (Å²) in [6.07, 6.45) is -0.271. The van der Waals surface area contributed by atoms with Crippen molar-refractivity contribution >= 4 is 21.7 Å². The number of hydrogen-bond acceptors (Lipinski definition) is 5. The summed E-state index contributed by atoms with van der Waals surface area (Å²) in [5.74, 6) is 0.541. The van der Waals surface area contributed by atoms with E-state index in [9.17, 15) is 12.8 Å². The van der Waals surface area contributed by atoms with Crippen molar-refractivity contribution in [3.05, 3.63) is 76.6 Å². The quantitative estimate of drug-likeness (QED) is 0.473. The number of fused-ring (bicyclic) bond motifs is 1. The molecule has 0 saturated carbocycles. The third kappa shape index (κ3) is 4.54. The molecule has 3 aromatic rings. The zero-order valence-electron chi connectivity index (χ0n) is 16.9. The van der Waals surface area contributed by atoms with Crippen molar-refractivity contribution in [3.63, 3.8) is 0 Å². The fourth-order valence-electron chi connectivity index (χ4n) is 3.52. The van der Waals surface area contributed by atoms with Gasteiger partial charge in [-0.25, -0.2) is 4.39 Å². The summed E-state index contributed by atoms with van der Waals surface area (Å²) in [6.45, 7) is 1.67. The fraction of sp³-hybridized carbons (Fsp3) is 0.217. The summed E-state index contributed by atoms with van der Waals surface area (Å²) in [7, 11) is -2.42. The van der Waals surface area contributed by atoms with Crippen LogP contribution >= 0.6 is 11.6 Å². The van der Waals surface area contributed by atoms with Gasteiger partial charge in [0, 0.05) is 28.1 Å². The highest BCUT2D eigenvalue weighted by Crippen LogP contribution is 2.43. The van der Waals surface area contributed by atoms with Gasteiger partial charge in [-0.3, -0.25) is 4.18 Å². The van der Waals surface area contributed by atoms with E-state index >= 15 is 0 Å². The average Bonchev–Trinajstić information content (AvgIpc) is 3.15. The first-order valence-corrected chi connectivity index (χ1v) is 11.3. The first-order valence-electron chi connectivity index (χ1n) is 9.56. The predicted octanol–water partition coefficient (Wildman–Crippen LogP) is 5.17. The molecular formula is C23H20ClFO5S. The summed E-state index contributed by atoms with van der Waals surface area (Å²) < 4.78 is 55.9. The SMILES string of the molecule is COc1ccc(Cl)cc1-c1cc(F)cc2c1OC(COS(=O)(=O)c1ccc(C)cc1)C2. The van der Waals surface area contributed by atoms with Crippen LogP contribution < -0.4 is 9.47 Å². The second-order valence-electron chi connectivity index (χ2n) is 7.28. The van der Waals surface area contributed by atoms with Crippen LogP contribution in [0.2, 0.25) is 5.02 Å². The predicted molar refractivity (Wildman–Crippen MR) is 116 cm³/mol. The molecule has 1 heterocycles. The monoisotopic (exact) mass is 462 g/mol. The first kappa shape index (κ1) is 21.6. The lowest BCUT2D eigenvalue weighted by molar-refractivity contribution is 0.152. The maximum absolute atomic E-state index is 14.3. The van der Waals surface area contributed by atoms with Crippen LogP contribution in [0.25, 0.3) is 11.1 Å². The largest absolute Gasteiger partial charge is 0.496 e. The molecule has 1 aliphatic heterocycles. The van der Waals surface area contributed by atoms with E-state index in [1.807, 2.05) is 6.92 Å². The van der Waals surface area contributed by atoms with Gasteiger partial charge in [0.25, 0.3) is 10.1 Å². The van der Waals surface area contributed by atoms with Crippen LogP contribution in [0.15, 0.2) is 59.5 Å². The standard InChI is InChI=1S/C23H20ClFO5S/c1-14-3-6-19(7-4-14)31(26,27)29-13-18-10-15-9-17(25)12-21(23(15)30-18)20-11-16(24)5-8-22(20)28-2/h3-9,11-12,18H,10,13H2,1-2H3. The number of halogens is 2. The second-order valence-corrected chi connectivity index (χ2v) is 9.33. The molecule has 0 radical (unpaired) electrons. The Balaban J connectivity index is 1.58. The third-order valence-corrected chi connectivity index (χ3v) is 6.56. The van der Waals surface area contributed by atoms with Crippen LogP contribution in [0.4, 0.5) is 4.39 Å². The number of rotatable bonds is 6. The Hall–Kier alpha value is -2.61. The van der Waals surface area contributed by atoms with Crippen molar-refractivity contribution in [2.24, 2.45) is 0 Å². The van der Waals surface area contributed by atoms with Crippen molar-refractivity contribution in [2.75, 3.05) is 13.7 Å². The van der Waals surface area contributed by atoms with Crippen LogP contribution in [-0.4, -0.2) is 28.2 Å². The summed E-state index contributed by atoms with van der Waals surface area (Å²) in [5, 5.41) is 0.468. The molecule has 4 rings (SSSR count). The van der Waals surface area contributed by atoms with E-state index in [0.29, 0.717) is 39.6 Å². The minimum atomic E-state index is -3.93. The van der Waals surface area contributed by atoms with Gasteiger partial charge in [0.05, 0.1) is 12.0 Å². The average molecular weight is 463 g/mol. The maximum atomic E-state index is 14.3. The molecule has 0 aromatic heterocycles. The molecule has 1 atom stereocenters. The zero-order chi connectivity index (χ0) is 22.2. The smallest absolute Gasteiger partial charge is 0.297 e. The van der Waals surface area contributed by atoms with Gasteiger partial charge in [-0.2, -0.15) is 8.42 Å². The van der Waals surface area contributed by atoms with Crippen molar-refractivity contribution in [1.29, 1.82) is 0 Å². The van der Waals surface area contributed by atoms with E-state index in [1.54, 1.807) is 30.3 Å². The molecule has 31 heavy (non-hydrogen) atoms. The van der Waals surface area contributed by atoms with E-state index in [-0.39, 0.29) is 11.5 Å². The highest BCUT2D eigenvalue weighted by Gasteiger charge is 2.30. The van der Waals surface area contributed by atoms with E-state index in [4.69, 9.17) is 25.3 Å². The minimum absolute atomic E-state index is 0.0732. The van der Waals surface area contributed by atoms with E-state index in [0.717, 1.165) is 5.56 Å². The lowest BCUT2D eigenvalue weighted by Crippen LogP contribution is -2.23. The van der Waals surface area contributed by atoms with E-state index < -0.39 is 22.0 Å². The number of aryl methyl sites for hydroxylation is 1. The maximum Gasteiger partial charge on any atom is 0.297 e. The molecule has 3 aromatic carbocycles. The van der Waals surface area contributed by atoms with Gasteiger partial charge in [0.2, 0.25) is 0 Å². The first-order chi connectivity index (χ1) is 14.8. The lowest BCUT2D eigenvalue weighted by atomic mass is 9.99. The van der Waals surface area contributed by atoms with Crippen LogP contribution in [0.5, 0.6) is 11.5 Å². The molecule has 1 aliphatic rings. The van der Waals surface area contributed by atoms with E-state index in [2.05, 4.69) is 0 Å². The summed E-state index contributed by atoms with van der Waals surface area (Å²) in [6, 6.07) is 14.2. The van der Waals surface area contributed by atoms with Crippen molar-refractivity contribution < 1.29 is 26.5 Å². The Bertz CT molecular complexity index is 1230. The number of hydrogen-bond donors (Lipinski definition) is 0. The molecule has 0 fully saturated rings. The molecule has 0 saturated heterocycles. The fourth-order valence-corrected chi connectivity index (χ4v) is 4.63. The molecule has 0 aliphatic carbocycles. The molecule has 1 unspecified atom stereocenters. The molecule has 0 N–H and O–H groups in total. The Morgan fingerprint density at radius 1 is 1.10 bits per heavy atom. The summed E-state index contributed by atoms with van der Waals surface area (Å²) in [5.41, 5.74) is 2.63. The lowest BCUT2D eigenvalue weighted by Gasteiger charge is -2.15. The molecule has 162 valence electrons. The molecule has 0 bridgehead atoms. The summed E-state index contributed by atoms with van der Waals surface area (Å²) >= 11 is 6.13. The van der Waals surface area contributed by atoms with Crippen LogP contribution in [0.3, 0.4) is 0 Å². The molecule has 0 spiro atoms. The Kier molecular flexibility index (Phi) is 5.92. The van der Waals surface area contributed by atoms with Gasteiger partial charge in [0.15, 0.2) is 0 Å². The highest BCUT2D eigenvalue weighted by atomic mass is 35.5. The normalized spacial score (nSPS) is 15.4. The van der Waals surface area contributed by atoms with Gasteiger partial charge in [-0.1, -0.05) is 29.3 Å². The Morgan fingerprint density at radius 3 is 2.55 bits per heavy atom. The molecule has 5 nitrogen and oxygen atoms in total. The molecule has 8 heteroatoms. The van der Waals surface area contributed by atoms with Crippen molar-refractivity contribution in [2.45, 2.75) is 24.3 Å². The Labute approximate surface area is 185 Å². The van der Waals surface area contributed by atoms with Gasteiger partial charge in [0.1, 0.15) is 30.0 Å². The minimum Gasteiger partial charge on any atom is -0.496 e. The van der Waals surface area contributed by atoms with Crippen molar-refractivity contribution in [1.82, 2.24) is 0 Å². The number of methoxy groups -OCH3 is 1. The molecular weight excluding hydrogens is 443 g/mol. The van der Waals surface area contributed by atoms with Gasteiger partial charge < -0.3 is 9.47 Å². The Morgan fingerprint density at radius 2 is 1.84 bits per heavy atom. The van der Waals surface area contributed by atoms with Gasteiger partial charge >= 0.3 is 0 Å². The molecule has 0 amide bonds. The number of benzene rings is 3. The van der Waals surface area contributed by atoms with Crippen molar-refractivity contribution in [3.8, 4) is 22.6 Å². The highest BCUT2D eigenvalue weighted by molar-refractivity contribution is 7.86. The van der Waals surface area contributed by atoms with Gasteiger partial charge in [-0.05, 0) is 49.4 Å². The zero-order valence-corrected chi connectivity index (χ0v) is 18.5.